The van der Waals surface area contributed by atoms with E-state index in [1.807, 2.05) is 11.8 Å². The minimum absolute atomic E-state index is 0.416. The van der Waals surface area contributed by atoms with Crippen molar-refractivity contribution in [2.75, 3.05) is 18.8 Å². The normalized spacial score (nSPS) is 20.6. The third kappa shape index (κ3) is 4.70. The van der Waals surface area contributed by atoms with Gasteiger partial charge in [-0.25, -0.2) is 0 Å². The van der Waals surface area contributed by atoms with Gasteiger partial charge in [0.05, 0.1) is 5.56 Å². The zero-order valence-electron chi connectivity index (χ0n) is 11.4. The van der Waals surface area contributed by atoms with Crippen LogP contribution in [0.2, 0.25) is 0 Å². The highest BCUT2D eigenvalue weighted by atomic mass is 32.2. The second-order valence-corrected chi connectivity index (χ2v) is 6.49. The fraction of sp³-hybridized carbons (Fsp3) is 0.600. The van der Waals surface area contributed by atoms with Gasteiger partial charge in [0.25, 0.3) is 0 Å². The Morgan fingerprint density at radius 2 is 1.95 bits per heavy atom. The lowest BCUT2D eigenvalue weighted by Gasteiger charge is -2.15. The molecule has 1 fully saturated rings. The Labute approximate surface area is 122 Å². The lowest BCUT2D eigenvalue weighted by atomic mass is 10.1. The first-order valence-electron chi connectivity index (χ1n) is 7.05. The van der Waals surface area contributed by atoms with Crippen molar-refractivity contribution in [2.45, 2.75) is 37.1 Å². The third-order valence-electron chi connectivity index (χ3n) is 3.57. The molecule has 0 radical (unpaired) electrons. The predicted molar refractivity (Wildman–Crippen MR) is 78.1 cm³/mol. The van der Waals surface area contributed by atoms with Gasteiger partial charge < -0.3 is 5.32 Å². The largest absolute Gasteiger partial charge is 0.416 e. The molecule has 112 valence electrons. The molecule has 1 aliphatic rings. The number of hydrogen-bond donors (Lipinski definition) is 1. The van der Waals surface area contributed by atoms with Crippen LogP contribution < -0.4 is 5.32 Å². The molecule has 0 saturated carbocycles. The lowest BCUT2D eigenvalue weighted by molar-refractivity contribution is -0.138. The van der Waals surface area contributed by atoms with Gasteiger partial charge in [0.1, 0.15) is 0 Å². The van der Waals surface area contributed by atoms with Gasteiger partial charge in [-0.05, 0) is 56.2 Å². The first-order chi connectivity index (χ1) is 9.57. The van der Waals surface area contributed by atoms with Gasteiger partial charge in [0.2, 0.25) is 0 Å². The number of rotatable bonds is 4. The van der Waals surface area contributed by atoms with Gasteiger partial charge in [0.15, 0.2) is 0 Å². The molecule has 5 heteroatoms. The van der Waals surface area contributed by atoms with Crippen molar-refractivity contribution in [3.05, 3.63) is 35.4 Å². The summed E-state index contributed by atoms with van der Waals surface area (Å²) in [5.41, 5.74) is -0.0672. The summed E-state index contributed by atoms with van der Waals surface area (Å²) in [6, 6.07) is 5.91. The second-order valence-electron chi connectivity index (χ2n) is 5.08. The number of hydrogen-bond acceptors (Lipinski definition) is 2. The van der Waals surface area contributed by atoms with E-state index >= 15 is 0 Å². The molecule has 1 aromatic carbocycles. The number of aryl methyl sites for hydroxylation is 1. The fourth-order valence-corrected chi connectivity index (χ4v) is 3.79. The quantitative estimate of drug-likeness (QED) is 0.898. The van der Waals surface area contributed by atoms with Gasteiger partial charge in [-0.3, -0.25) is 0 Å². The summed E-state index contributed by atoms with van der Waals surface area (Å²) < 4.78 is 38.6. The van der Waals surface area contributed by atoms with E-state index in [4.69, 9.17) is 0 Å². The van der Waals surface area contributed by atoms with Crippen LogP contribution in [0.3, 0.4) is 0 Å². The molecular weight excluding hydrogens is 283 g/mol. The van der Waals surface area contributed by atoms with Crippen LogP contribution in [0.5, 0.6) is 0 Å². The first-order valence-corrected chi connectivity index (χ1v) is 8.09. The highest BCUT2D eigenvalue weighted by Crippen LogP contribution is 2.32. The summed E-state index contributed by atoms with van der Waals surface area (Å²) in [6.45, 7) is 2.09. The predicted octanol–water partition coefficient (Wildman–Crippen LogP) is 4.12. The summed E-state index contributed by atoms with van der Waals surface area (Å²) in [5.74, 6) is 0.762. The van der Waals surface area contributed by atoms with Crippen LogP contribution in [-0.4, -0.2) is 24.1 Å². The zero-order valence-corrected chi connectivity index (χ0v) is 12.2. The van der Waals surface area contributed by atoms with E-state index in [-0.39, 0.29) is 0 Å². The lowest BCUT2D eigenvalue weighted by Crippen LogP contribution is -2.14. The first kappa shape index (κ1) is 15.7. The van der Waals surface area contributed by atoms with E-state index in [1.165, 1.54) is 18.6 Å². The van der Waals surface area contributed by atoms with Crippen molar-refractivity contribution in [2.24, 2.45) is 0 Å². The Balaban J connectivity index is 1.87. The Morgan fingerprint density at radius 3 is 2.75 bits per heavy atom. The number of halogens is 3. The van der Waals surface area contributed by atoms with Crippen molar-refractivity contribution in [3.63, 3.8) is 0 Å². The molecule has 20 heavy (non-hydrogen) atoms. The Kier molecular flexibility index (Phi) is 5.78. The molecule has 0 bridgehead atoms. The van der Waals surface area contributed by atoms with Gasteiger partial charge in [-0.15, -0.1) is 0 Å². The Bertz CT molecular complexity index is 412. The van der Waals surface area contributed by atoms with Crippen LogP contribution >= 0.6 is 11.8 Å². The molecule has 0 amide bonds. The van der Waals surface area contributed by atoms with Crippen molar-refractivity contribution in [1.29, 1.82) is 0 Å². The van der Waals surface area contributed by atoms with Crippen LogP contribution in [0.1, 0.15) is 30.4 Å². The topological polar surface area (TPSA) is 12.0 Å². The molecular formula is C15H20F3NS. The average Bonchev–Trinajstić information content (AvgIpc) is 2.67. The fourth-order valence-electron chi connectivity index (χ4n) is 2.50. The summed E-state index contributed by atoms with van der Waals surface area (Å²) in [4.78, 5) is 0. The van der Waals surface area contributed by atoms with Crippen LogP contribution in [0.4, 0.5) is 13.2 Å². The van der Waals surface area contributed by atoms with Crippen LogP contribution in [-0.2, 0) is 12.6 Å². The summed E-state index contributed by atoms with van der Waals surface area (Å²) in [6.07, 6.45) is -0.307. The van der Waals surface area contributed by atoms with Crippen LogP contribution in [0.15, 0.2) is 24.3 Å². The average molecular weight is 303 g/mol. The molecule has 0 spiro atoms. The van der Waals surface area contributed by atoms with Crippen molar-refractivity contribution in [1.82, 2.24) is 5.32 Å². The zero-order chi connectivity index (χ0) is 14.4. The maximum absolute atomic E-state index is 12.9. The molecule has 1 N–H and O–H groups in total. The van der Waals surface area contributed by atoms with E-state index < -0.39 is 11.7 Å². The summed E-state index contributed by atoms with van der Waals surface area (Å²) >= 11 is 1.82. The number of nitrogens with one attached hydrogen (secondary N) is 1. The van der Waals surface area contributed by atoms with E-state index in [0.29, 0.717) is 17.2 Å². The van der Waals surface area contributed by atoms with Crippen molar-refractivity contribution < 1.29 is 13.2 Å². The van der Waals surface area contributed by atoms with Crippen molar-refractivity contribution >= 4 is 11.8 Å². The molecule has 1 atom stereocenters. The highest BCUT2D eigenvalue weighted by molar-refractivity contribution is 7.99. The molecule has 0 aromatic heterocycles. The molecule has 1 aliphatic heterocycles. The second kappa shape index (κ2) is 7.36. The van der Waals surface area contributed by atoms with E-state index in [9.17, 15) is 13.2 Å². The minimum Gasteiger partial charge on any atom is -0.317 e. The van der Waals surface area contributed by atoms with E-state index in [2.05, 4.69) is 5.32 Å². The van der Waals surface area contributed by atoms with Gasteiger partial charge in [-0.2, -0.15) is 24.9 Å². The molecule has 1 nitrogen and oxygen atoms in total. The molecule has 1 unspecified atom stereocenters. The number of alkyl halides is 3. The minimum atomic E-state index is -4.24. The Morgan fingerprint density at radius 1 is 1.15 bits per heavy atom. The molecule has 1 aromatic rings. The van der Waals surface area contributed by atoms with Gasteiger partial charge in [0, 0.05) is 5.25 Å². The number of benzene rings is 1. The Hall–Kier alpha value is -0.680. The van der Waals surface area contributed by atoms with Gasteiger partial charge >= 0.3 is 6.18 Å². The maximum Gasteiger partial charge on any atom is 0.416 e. The van der Waals surface area contributed by atoms with E-state index in [0.717, 1.165) is 31.7 Å². The van der Waals surface area contributed by atoms with Gasteiger partial charge in [-0.1, -0.05) is 18.2 Å². The molecule has 2 rings (SSSR count). The molecule has 1 saturated heterocycles. The van der Waals surface area contributed by atoms with Crippen molar-refractivity contribution in [3.8, 4) is 0 Å². The molecule has 1 heterocycles. The van der Waals surface area contributed by atoms with E-state index in [1.54, 1.807) is 12.1 Å². The summed E-state index contributed by atoms with van der Waals surface area (Å²) in [5, 5.41) is 3.94. The monoisotopic (exact) mass is 303 g/mol. The number of thioether (sulfide) groups is 1. The third-order valence-corrected chi connectivity index (χ3v) is 4.95. The SMILES string of the molecule is FC(F)(F)c1ccccc1CCSC1CCCNCC1. The smallest absolute Gasteiger partial charge is 0.317 e. The standard InChI is InChI=1S/C15H20F3NS/c16-15(17,18)14-6-2-1-4-12(14)8-11-20-13-5-3-9-19-10-7-13/h1-2,4,6,13,19H,3,5,7-11H2. The van der Waals surface area contributed by atoms with Crippen LogP contribution in [0.25, 0.3) is 0 Å². The maximum atomic E-state index is 12.9. The van der Waals surface area contributed by atoms with Crippen LogP contribution in [0, 0.1) is 0 Å². The summed E-state index contributed by atoms with van der Waals surface area (Å²) in [7, 11) is 0. The highest BCUT2D eigenvalue weighted by Gasteiger charge is 2.32. The molecule has 0 aliphatic carbocycles.